The summed E-state index contributed by atoms with van der Waals surface area (Å²) in [5.41, 5.74) is 2.40. The number of carbonyl (C=O) groups is 1. The Bertz CT molecular complexity index is 1000. The predicted octanol–water partition coefficient (Wildman–Crippen LogP) is 3.34. The van der Waals surface area contributed by atoms with E-state index in [-0.39, 0.29) is 5.91 Å². The summed E-state index contributed by atoms with van der Waals surface area (Å²) in [7, 11) is 1.67. The number of ether oxygens (including phenoxy) is 1. The van der Waals surface area contributed by atoms with E-state index in [4.69, 9.17) is 4.74 Å². The molecule has 1 amide bonds. The van der Waals surface area contributed by atoms with Gasteiger partial charge in [0.2, 0.25) is 0 Å². The Balaban J connectivity index is 2.08. The maximum Gasteiger partial charge on any atom is 0.300 e. The summed E-state index contributed by atoms with van der Waals surface area (Å²) in [5, 5.41) is 4.34. The molecule has 6 nitrogen and oxygen atoms in total. The molecule has 3 rings (SSSR count). The SMILES string of the molecule is CCn1nc(C(=O)N=c2sc3cc(SC)ccc3n2CCOC)cc1C. The minimum Gasteiger partial charge on any atom is -0.383 e. The zero-order valence-corrected chi connectivity index (χ0v) is 17.0. The van der Waals surface area contributed by atoms with Crippen molar-refractivity contribution in [1.29, 1.82) is 0 Å². The number of nitrogens with zero attached hydrogens (tertiary/aromatic N) is 4. The van der Waals surface area contributed by atoms with Crippen molar-refractivity contribution in [2.75, 3.05) is 20.0 Å². The molecule has 0 spiro atoms. The lowest BCUT2D eigenvalue weighted by Crippen LogP contribution is -2.19. The van der Waals surface area contributed by atoms with Gasteiger partial charge >= 0.3 is 0 Å². The number of thiazole rings is 1. The molecule has 8 heteroatoms. The number of rotatable bonds is 6. The van der Waals surface area contributed by atoms with Gasteiger partial charge < -0.3 is 9.30 Å². The number of carbonyl (C=O) groups excluding carboxylic acids is 1. The summed E-state index contributed by atoms with van der Waals surface area (Å²) in [6.07, 6.45) is 2.05. The average molecular weight is 391 g/mol. The van der Waals surface area contributed by atoms with Crippen LogP contribution in [0.2, 0.25) is 0 Å². The van der Waals surface area contributed by atoms with Gasteiger partial charge in [0.1, 0.15) is 0 Å². The minimum absolute atomic E-state index is 0.317. The molecule has 0 saturated heterocycles. The molecule has 0 unspecified atom stereocenters. The molecule has 2 aromatic heterocycles. The predicted molar refractivity (Wildman–Crippen MR) is 106 cm³/mol. The van der Waals surface area contributed by atoms with Crippen LogP contribution in [0.25, 0.3) is 10.2 Å². The van der Waals surface area contributed by atoms with E-state index < -0.39 is 0 Å². The van der Waals surface area contributed by atoms with Gasteiger partial charge in [-0.05, 0) is 44.4 Å². The smallest absolute Gasteiger partial charge is 0.300 e. The normalized spacial score (nSPS) is 12.2. The number of fused-ring (bicyclic) bond motifs is 1. The van der Waals surface area contributed by atoms with E-state index in [9.17, 15) is 4.79 Å². The van der Waals surface area contributed by atoms with E-state index >= 15 is 0 Å². The van der Waals surface area contributed by atoms with Gasteiger partial charge in [0.25, 0.3) is 5.91 Å². The molecule has 0 atom stereocenters. The number of aromatic nitrogens is 3. The Morgan fingerprint density at radius 3 is 2.85 bits per heavy atom. The second-order valence-electron chi connectivity index (χ2n) is 5.77. The number of hydrogen-bond acceptors (Lipinski definition) is 5. The second kappa shape index (κ2) is 8.20. The maximum absolute atomic E-state index is 12.6. The van der Waals surface area contributed by atoms with Crippen LogP contribution < -0.4 is 4.80 Å². The fraction of sp³-hybridized carbons (Fsp3) is 0.389. The number of amides is 1. The zero-order chi connectivity index (χ0) is 18.7. The summed E-state index contributed by atoms with van der Waals surface area (Å²) in [6, 6.07) is 8.08. The molecular weight excluding hydrogens is 368 g/mol. The van der Waals surface area contributed by atoms with Crippen LogP contribution in [0, 0.1) is 6.92 Å². The highest BCUT2D eigenvalue weighted by molar-refractivity contribution is 7.98. The number of aryl methyl sites for hydroxylation is 2. The van der Waals surface area contributed by atoms with Crippen LogP contribution in [-0.4, -0.2) is 40.2 Å². The highest BCUT2D eigenvalue weighted by Gasteiger charge is 2.13. The van der Waals surface area contributed by atoms with Gasteiger partial charge in [0, 0.05) is 30.8 Å². The van der Waals surface area contributed by atoms with Crippen LogP contribution in [0.4, 0.5) is 0 Å². The molecule has 0 bridgehead atoms. The largest absolute Gasteiger partial charge is 0.383 e. The summed E-state index contributed by atoms with van der Waals surface area (Å²) in [5.74, 6) is -0.317. The molecule has 0 fully saturated rings. The first-order valence-electron chi connectivity index (χ1n) is 8.37. The lowest BCUT2D eigenvalue weighted by Gasteiger charge is -2.04. The van der Waals surface area contributed by atoms with Gasteiger partial charge in [-0.3, -0.25) is 9.48 Å². The van der Waals surface area contributed by atoms with E-state index in [1.165, 1.54) is 16.2 Å². The maximum atomic E-state index is 12.6. The number of methoxy groups -OCH3 is 1. The van der Waals surface area contributed by atoms with Crippen LogP contribution >= 0.6 is 23.1 Å². The molecule has 0 aliphatic carbocycles. The van der Waals surface area contributed by atoms with Crippen LogP contribution in [0.3, 0.4) is 0 Å². The zero-order valence-electron chi connectivity index (χ0n) is 15.4. The van der Waals surface area contributed by atoms with Crippen molar-refractivity contribution in [1.82, 2.24) is 14.3 Å². The lowest BCUT2D eigenvalue weighted by atomic mass is 10.3. The van der Waals surface area contributed by atoms with Gasteiger partial charge in [-0.15, -0.1) is 11.8 Å². The van der Waals surface area contributed by atoms with Gasteiger partial charge in [0.15, 0.2) is 10.5 Å². The Morgan fingerprint density at radius 1 is 1.38 bits per heavy atom. The minimum atomic E-state index is -0.317. The Kier molecular flexibility index (Phi) is 5.95. The standard InChI is InChI=1S/C18H22N4O2S2/c1-5-22-12(2)10-14(20-22)17(23)19-18-21(8-9-24-3)15-7-6-13(25-4)11-16(15)26-18/h6-7,10-11H,5,8-9H2,1-4H3. The monoisotopic (exact) mass is 390 g/mol. The number of benzene rings is 1. The summed E-state index contributed by atoms with van der Waals surface area (Å²) in [4.78, 5) is 18.9. The molecule has 3 aromatic rings. The van der Waals surface area contributed by atoms with Crippen molar-refractivity contribution >= 4 is 39.2 Å². The lowest BCUT2D eigenvalue weighted by molar-refractivity contribution is 0.0992. The second-order valence-corrected chi connectivity index (χ2v) is 7.66. The third kappa shape index (κ3) is 3.77. The topological polar surface area (TPSA) is 61.4 Å². The summed E-state index contributed by atoms with van der Waals surface area (Å²) >= 11 is 3.21. The first kappa shape index (κ1) is 18.9. The van der Waals surface area contributed by atoms with Crippen molar-refractivity contribution in [3.8, 4) is 0 Å². The van der Waals surface area contributed by atoms with Crippen molar-refractivity contribution < 1.29 is 9.53 Å². The molecule has 1 aromatic carbocycles. The molecule has 2 heterocycles. The van der Waals surface area contributed by atoms with Crippen LogP contribution in [-0.2, 0) is 17.8 Å². The molecule has 0 radical (unpaired) electrons. The first-order valence-corrected chi connectivity index (χ1v) is 10.4. The van der Waals surface area contributed by atoms with Crippen LogP contribution in [0.1, 0.15) is 23.1 Å². The Hall–Kier alpha value is -1.90. The molecule has 0 aliphatic rings. The molecule has 138 valence electrons. The highest BCUT2D eigenvalue weighted by atomic mass is 32.2. The average Bonchev–Trinajstić information content (AvgIpc) is 3.19. The van der Waals surface area contributed by atoms with Gasteiger partial charge in [-0.1, -0.05) is 11.3 Å². The third-order valence-electron chi connectivity index (χ3n) is 4.11. The van der Waals surface area contributed by atoms with E-state index in [0.29, 0.717) is 23.6 Å². The van der Waals surface area contributed by atoms with Crippen molar-refractivity contribution in [3.63, 3.8) is 0 Å². The van der Waals surface area contributed by atoms with Gasteiger partial charge in [0.05, 0.1) is 16.8 Å². The molecular formula is C18H22N4O2S2. The van der Waals surface area contributed by atoms with E-state index in [2.05, 4.69) is 34.5 Å². The summed E-state index contributed by atoms with van der Waals surface area (Å²) < 4.78 is 10.2. The van der Waals surface area contributed by atoms with Crippen LogP contribution in [0.15, 0.2) is 34.2 Å². The van der Waals surface area contributed by atoms with Crippen molar-refractivity contribution in [3.05, 3.63) is 40.5 Å². The van der Waals surface area contributed by atoms with Crippen molar-refractivity contribution in [2.24, 2.45) is 4.99 Å². The molecule has 26 heavy (non-hydrogen) atoms. The molecule has 0 saturated carbocycles. The van der Waals surface area contributed by atoms with E-state index in [0.717, 1.165) is 22.5 Å². The third-order valence-corrected chi connectivity index (χ3v) is 5.87. The number of hydrogen-bond donors (Lipinski definition) is 0. The quantitative estimate of drug-likeness (QED) is 0.606. The summed E-state index contributed by atoms with van der Waals surface area (Å²) in [6.45, 7) is 5.87. The Morgan fingerprint density at radius 2 is 2.19 bits per heavy atom. The van der Waals surface area contributed by atoms with Gasteiger partial charge in [-0.25, -0.2) is 0 Å². The first-order chi connectivity index (χ1) is 12.6. The fourth-order valence-electron chi connectivity index (χ4n) is 2.74. The molecule has 0 N–H and O–H groups in total. The van der Waals surface area contributed by atoms with E-state index in [1.54, 1.807) is 29.6 Å². The van der Waals surface area contributed by atoms with Crippen molar-refractivity contribution in [2.45, 2.75) is 31.8 Å². The van der Waals surface area contributed by atoms with E-state index in [1.807, 2.05) is 18.4 Å². The fourth-order valence-corrected chi connectivity index (χ4v) is 4.35. The van der Waals surface area contributed by atoms with Crippen LogP contribution in [0.5, 0.6) is 0 Å². The highest BCUT2D eigenvalue weighted by Crippen LogP contribution is 2.24. The van der Waals surface area contributed by atoms with Gasteiger partial charge in [-0.2, -0.15) is 10.1 Å². The Labute approximate surface area is 160 Å². The molecule has 0 aliphatic heterocycles. The number of thioether (sulfide) groups is 1.